The molecule has 0 radical (unpaired) electrons. The van der Waals surface area contributed by atoms with Gasteiger partial charge < -0.3 is 10.1 Å². The topological polar surface area (TPSA) is 21.3 Å². The predicted molar refractivity (Wildman–Crippen MR) is 74.8 cm³/mol. The SMILES string of the molecule is Cc1ccc(CNCc2ccc(OC(F)F)cc2)cc1. The second-order valence-electron chi connectivity index (χ2n) is 4.61. The molecule has 0 saturated heterocycles. The van der Waals surface area contributed by atoms with Crippen LogP contribution in [0.2, 0.25) is 0 Å². The minimum atomic E-state index is -2.78. The molecule has 0 aliphatic carbocycles. The summed E-state index contributed by atoms with van der Waals surface area (Å²) in [6, 6.07) is 15.0. The van der Waals surface area contributed by atoms with Gasteiger partial charge in [0.15, 0.2) is 0 Å². The number of hydrogen-bond donors (Lipinski definition) is 1. The quantitative estimate of drug-likeness (QED) is 0.865. The van der Waals surface area contributed by atoms with Crippen molar-refractivity contribution in [1.82, 2.24) is 5.32 Å². The number of aryl methyl sites for hydroxylation is 1. The standard InChI is InChI=1S/C16H17F2NO/c1-12-2-4-13(5-3-12)10-19-11-14-6-8-15(9-7-14)20-16(17)18/h2-9,16,19H,10-11H2,1H3. The molecule has 0 aliphatic rings. The molecule has 0 amide bonds. The smallest absolute Gasteiger partial charge is 0.387 e. The minimum absolute atomic E-state index is 0.183. The maximum Gasteiger partial charge on any atom is 0.387 e. The lowest BCUT2D eigenvalue weighted by molar-refractivity contribution is -0.0498. The summed E-state index contributed by atoms with van der Waals surface area (Å²) < 4.78 is 28.3. The van der Waals surface area contributed by atoms with Crippen LogP contribution >= 0.6 is 0 Å². The van der Waals surface area contributed by atoms with Crippen LogP contribution in [0.3, 0.4) is 0 Å². The van der Waals surface area contributed by atoms with Gasteiger partial charge in [-0.2, -0.15) is 8.78 Å². The zero-order valence-electron chi connectivity index (χ0n) is 11.3. The number of rotatable bonds is 6. The molecule has 0 aromatic heterocycles. The van der Waals surface area contributed by atoms with Crippen molar-refractivity contribution in [2.24, 2.45) is 0 Å². The number of alkyl halides is 2. The van der Waals surface area contributed by atoms with Crippen molar-refractivity contribution >= 4 is 0 Å². The molecule has 0 fully saturated rings. The highest BCUT2D eigenvalue weighted by molar-refractivity contribution is 5.27. The Balaban J connectivity index is 1.80. The van der Waals surface area contributed by atoms with Gasteiger partial charge in [-0.3, -0.25) is 0 Å². The van der Waals surface area contributed by atoms with E-state index in [1.54, 1.807) is 24.3 Å². The van der Waals surface area contributed by atoms with E-state index in [0.717, 1.165) is 12.1 Å². The summed E-state index contributed by atoms with van der Waals surface area (Å²) in [7, 11) is 0. The molecule has 0 atom stereocenters. The molecule has 0 spiro atoms. The molecule has 2 rings (SSSR count). The van der Waals surface area contributed by atoms with Gasteiger partial charge in [0, 0.05) is 13.1 Å². The van der Waals surface area contributed by atoms with Crippen molar-refractivity contribution in [1.29, 1.82) is 0 Å². The summed E-state index contributed by atoms with van der Waals surface area (Å²) >= 11 is 0. The lowest BCUT2D eigenvalue weighted by atomic mass is 10.1. The molecular formula is C16H17F2NO. The number of nitrogens with one attached hydrogen (secondary N) is 1. The van der Waals surface area contributed by atoms with Crippen molar-refractivity contribution in [2.45, 2.75) is 26.6 Å². The second-order valence-corrected chi connectivity index (χ2v) is 4.61. The van der Waals surface area contributed by atoms with Crippen molar-refractivity contribution in [3.8, 4) is 5.75 Å². The fourth-order valence-electron chi connectivity index (χ4n) is 1.85. The van der Waals surface area contributed by atoms with E-state index in [-0.39, 0.29) is 5.75 Å². The van der Waals surface area contributed by atoms with E-state index in [1.165, 1.54) is 11.1 Å². The second kappa shape index (κ2) is 7.01. The van der Waals surface area contributed by atoms with E-state index in [0.29, 0.717) is 6.54 Å². The van der Waals surface area contributed by atoms with E-state index in [4.69, 9.17) is 0 Å². The van der Waals surface area contributed by atoms with Gasteiger partial charge in [0.25, 0.3) is 0 Å². The highest BCUT2D eigenvalue weighted by Crippen LogP contribution is 2.14. The molecule has 1 N–H and O–H groups in total. The van der Waals surface area contributed by atoms with Crippen LogP contribution in [0, 0.1) is 6.92 Å². The summed E-state index contributed by atoms with van der Waals surface area (Å²) in [4.78, 5) is 0. The third kappa shape index (κ3) is 4.63. The lowest BCUT2D eigenvalue weighted by Crippen LogP contribution is -2.12. The molecule has 2 nitrogen and oxygen atoms in total. The van der Waals surface area contributed by atoms with E-state index in [1.807, 2.05) is 0 Å². The van der Waals surface area contributed by atoms with E-state index < -0.39 is 6.61 Å². The highest BCUT2D eigenvalue weighted by atomic mass is 19.3. The van der Waals surface area contributed by atoms with Crippen molar-refractivity contribution in [2.75, 3.05) is 0 Å². The fourth-order valence-corrected chi connectivity index (χ4v) is 1.85. The normalized spacial score (nSPS) is 10.8. The first-order valence-corrected chi connectivity index (χ1v) is 6.43. The van der Waals surface area contributed by atoms with Crippen molar-refractivity contribution in [3.63, 3.8) is 0 Å². The van der Waals surface area contributed by atoms with Gasteiger partial charge in [-0.15, -0.1) is 0 Å². The predicted octanol–water partition coefficient (Wildman–Crippen LogP) is 3.89. The lowest BCUT2D eigenvalue weighted by Gasteiger charge is -2.07. The number of ether oxygens (including phenoxy) is 1. The van der Waals surface area contributed by atoms with Crippen molar-refractivity contribution in [3.05, 3.63) is 65.2 Å². The van der Waals surface area contributed by atoms with Gasteiger partial charge in [-0.25, -0.2) is 0 Å². The fraction of sp³-hybridized carbons (Fsp3) is 0.250. The van der Waals surface area contributed by atoms with Gasteiger partial charge in [-0.1, -0.05) is 42.0 Å². The maximum atomic E-state index is 12.0. The Hall–Kier alpha value is -1.94. The average molecular weight is 277 g/mol. The van der Waals surface area contributed by atoms with Crippen LogP contribution in [0.15, 0.2) is 48.5 Å². The van der Waals surface area contributed by atoms with Gasteiger partial charge >= 0.3 is 6.61 Å². The molecule has 4 heteroatoms. The van der Waals surface area contributed by atoms with Gasteiger partial charge in [0.1, 0.15) is 5.75 Å². The Morgan fingerprint density at radius 2 is 1.40 bits per heavy atom. The Morgan fingerprint density at radius 1 is 0.900 bits per heavy atom. The summed E-state index contributed by atoms with van der Waals surface area (Å²) in [5.74, 6) is 0.183. The Kier molecular flexibility index (Phi) is 5.07. The zero-order valence-corrected chi connectivity index (χ0v) is 11.3. The largest absolute Gasteiger partial charge is 0.435 e. The van der Waals surface area contributed by atoms with Gasteiger partial charge in [0.2, 0.25) is 0 Å². The number of benzene rings is 2. The minimum Gasteiger partial charge on any atom is -0.435 e. The third-order valence-electron chi connectivity index (χ3n) is 2.93. The molecule has 2 aromatic rings. The first-order chi connectivity index (χ1) is 9.63. The molecule has 106 valence electrons. The van der Waals surface area contributed by atoms with Crippen molar-refractivity contribution < 1.29 is 13.5 Å². The average Bonchev–Trinajstić information content (AvgIpc) is 2.42. The molecule has 2 aromatic carbocycles. The van der Waals surface area contributed by atoms with Gasteiger partial charge in [-0.05, 0) is 30.2 Å². The van der Waals surface area contributed by atoms with Crippen LogP contribution in [-0.4, -0.2) is 6.61 Å². The first kappa shape index (κ1) is 14.5. The molecule has 0 heterocycles. The molecule has 0 bridgehead atoms. The Labute approximate surface area is 117 Å². The van der Waals surface area contributed by atoms with E-state index >= 15 is 0 Å². The Morgan fingerprint density at radius 3 is 1.90 bits per heavy atom. The first-order valence-electron chi connectivity index (χ1n) is 6.43. The Bertz CT molecular complexity index is 523. The molecular weight excluding hydrogens is 260 g/mol. The number of hydrogen-bond acceptors (Lipinski definition) is 2. The highest BCUT2D eigenvalue weighted by Gasteiger charge is 2.03. The summed E-state index contributed by atoms with van der Waals surface area (Å²) in [6.07, 6.45) is 0. The van der Waals surface area contributed by atoms with Crippen LogP contribution in [0.25, 0.3) is 0 Å². The molecule has 0 aliphatic heterocycles. The summed E-state index contributed by atoms with van der Waals surface area (Å²) in [6.45, 7) is 0.735. The maximum absolute atomic E-state index is 12.0. The van der Waals surface area contributed by atoms with Crippen LogP contribution in [0.5, 0.6) is 5.75 Å². The monoisotopic (exact) mass is 277 g/mol. The van der Waals surface area contributed by atoms with Crippen LogP contribution in [0.4, 0.5) is 8.78 Å². The zero-order chi connectivity index (χ0) is 14.4. The number of halogens is 2. The molecule has 0 unspecified atom stereocenters. The molecule has 0 saturated carbocycles. The third-order valence-corrected chi connectivity index (χ3v) is 2.93. The van der Waals surface area contributed by atoms with Crippen LogP contribution in [-0.2, 0) is 13.1 Å². The summed E-state index contributed by atoms with van der Waals surface area (Å²) in [5, 5.41) is 3.31. The molecule has 20 heavy (non-hydrogen) atoms. The summed E-state index contributed by atoms with van der Waals surface area (Å²) in [5.41, 5.74) is 3.48. The van der Waals surface area contributed by atoms with Crippen LogP contribution < -0.4 is 10.1 Å². The van der Waals surface area contributed by atoms with Gasteiger partial charge in [0.05, 0.1) is 0 Å². The van der Waals surface area contributed by atoms with E-state index in [2.05, 4.69) is 41.2 Å². The van der Waals surface area contributed by atoms with Crippen LogP contribution in [0.1, 0.15) is 16.7 Å². The van der Waals surface area contributed by atoms with E-state index in [9.17, 15) is 8.78 Å².